The van der Waals surface area contributed by atoms with E-state index in [0.717, 1.165) is 4.70 Å². The molecule has 108 valence electrons. The standard InChI is InChI=1S/C12H15N3O3S2/c1-13-12(16)14-6-7-15-20(17,18)11-8-19-10-5-3-2-4-9(10)11/h2-5,8,15H,6-7H2,1H3,(H2,13,14,16). The summed E-state index contributed by atoms with van der Waals surface area (Å²) in [6, 6.07) is 7.00. The zero-order valence-corrected chi connectivity index (χ0v) is 12.5. The maximum atomic E-state index is 12.2. The highest BCUT2D eigenvalue weighted by atomic mass is 32.2. The Hall–Kier alpha value is -1.64. The Bertz CT molecular complexity index is 710. The van der Waals surface area contributed by atoms with E-state index in [-0.39, 0.29) is 24.0 Å². The van der Waals surface area contributed by atoms with Crippen LogP contribution >= 0.6 is 11.3 Å². The molecule has 3 N–H and O–H groups in total. The fourth-order valence-electron chi connectivity index (χ4n) is 1.69. The molecule has 0 radical (unpaired) electrons. The van der Waals surface area contributed by atoms with Gasteiger partial charge < -0.3 is 10.6 Å². The summed E-state index contributed by atoms with van der Waals surface area (Å²) in [5, 5.41) is 7.24. The number of nitrogens with one attached hydrogen (secondary N) is 3. The number of fused-ring (bicyclic) bond motifs is 1. The van der Waals surface area contributed by atoms with Crippen molar-refractivity contribution in [1.82, 2.24) is 15.4 Å². The monoisotopic (exact) mass is 313 g/mol. The van der Waals surface area contributed by atoms with Crippen LogP contribution in [0.4, 0.5) is 4.79 Å². The molecule has 0 unspecified atom stereocenters. The highest BCUT2D eigenvalue weighted by Crippen LogP contribution is 2.28. The Morgan fingerprint density at radius 1 is 1.25 bits per heavy atom. The lowest BCUT2D eigenvalue weighted by Gasteiger charge is -2.07. The van der Waals surface area contributed by atoms with Gasteiger partial charge >= 0.3 is 6.03 Å². The van der Waals surface area contributed by atoms with Crippen LogP contribution in [-0.2, 0) is 10.0 Å². The van der Waals surface area contributed by atoms with Crippen LogP contribution < -0.4 is 15.4 Å². The van der Waals surface area contributed by atoms with E-state index in [1.807, 2.05) is 12.1 Å². The summed E-state index contributed by atoms with van der Waals surface area (Å²) in [6.07, 6.45) is 0. The highest BCUT2D eigenvalue weighted by molar-refractivity contribution is 7.90. The van der Waals surface area contributed by atoms with Crippen molar-refractivity contribution in [2.75, 3.05) is 20.1 Å². The van der Waals surface area contributed by atoms with Gasteiger partial charge in [0.1, 0.15) is 4.90 Å². The van der Waals surface area contributed by atoms with E-state index in [4.69, 9.17) is 0 Å². The van der Waals surface area contributed by atoms with Crippen molar-refractivity contribution >= 4 is 37.5 Å². The molecule has 0 saturated carbocycles. The highest BCUT2D eigenvalue weighted by Gasteiger charge is 2.18. The smallest absolute Gasteiger partial charge is 0.314 e. The van der Waals surface area contributed by atoms with Crippen LogP contribution in [0.5, 0.6) is 0 Å². The zero-order chi connectivity index (χ0) is 14.6. The maximum Gasteiger partial charge on any atom is 0.314 e. The van der Waals surface area contributed by atoms with Crippen LogP contribution in [0.2, 0.25) is 0 Å². The lowest BCUT2D eigenvalue weighted by molar-refractivity contribution is 0.243. The van der Waals surface area contributed by atoms with Gasteiger partial charge in [-0.15, -0.1) is 11.3 Å². The van der Waals surface area contributed by atoms with Gasteiger partial charge in [-0.3, -0.25) is 0 Å². The first kappa shape index (κ1) is 14.8. The number of thiophene rings is 1. The van der Waals surface area contributed by atoms with Crippen molar-refractivity contribution in [1.29, 1.82) is 0 Å². The number of amides is 2. The summed E-state index contributed by atoms with van der Waals surface area (Å²) in [6.45, 7) is 0.362. The predicted molar refractivity (Wildman–Crippen MR) is 79.5 cm³/mol. The fourth-order valence-corrected chi connectivity index (χ4v) is 4.22. The molecule has 6 nitrogen and oxygen atoms in total. The molecule has 0 aliphatic heterocycles. The van der Waals surface area contributed by atoms with Gasteiger partial charge in [0.15, 0.2) is 0 Å². The molecule has 2 amide bonds. The molecule has 2 aromatic rings. The SMILES string of the molecule is CNC(=O)NCCNS(=O)(=O)c1csc2ccccc12. The molecular formula is C12H15N3O3S2. The first-order chi connectivity index (χ1) is 9.54. The van der Waals surface area contributed by atoms with Gasteiger partial charge in [-0.1, -0.05) is 18.2 Å². The minimum Gasteiger partial charge on any atom is -0.341 e. The lowest BCUT2D eigenvalue weighted by atomic mass is 10.3. The summed E-state index contributed by atoms with van der Waals surface area (Å²) in [4.78, 5) is 11.2. The first-order valence-electron chi connectivity index (χ1n) is 5.96. The van der Waals surface area contributed by atoms with Crippen molar-refractivity contribution in [3.05, 3.63) is 29.6 Å². The van der Waals surface area contributed by atoms with Gasteiger partial charge in [-0.25, -0.2) is 17.9 Å². The van der Waals surface area contributed by atoms with Gasteiger partial charge in [0.25, 0.3) is 0 Å². The molecular weight excluding hydrogens is 298 g/mol. The van der Waals surface area contributed by atoms with Gasteiger partial charge in [0.2, 0.25) is 10.0 Å². The molecule has 0 atom stereocenters. The second-order valence-corrected chi connectivity index (χ2v) is 6.65. The quantitative estimate of drug-likeness (QED) is 0.723. The number of carbonyl (C=O) groups is 1. The van der Waals surface area contributed by atoms with E-state index >= 15 is 0 Å². The third kappa shape index (κ3) is 3.27. The predicted octanol–water partition coefficient (Wildman–Crippen LogP) is 1.11. The normalized spacial score (nSPS) is 11.4. The summed E-state index contributed by atoms with van der Waals surface area (Å²) < 4.78 is 27.8. The molecule has 0 spiro atoms. The van der Waals surface area contributed by atoms with Crippen molar-refractivity contribution < 1.29 is 13.2 Å². The summed E-state index contributed by atoms with van der Waals surface area (Å²) in [5.41, 5.74) is 0. The molecule has 0 fully saturated rings. The Balaban J connectivity index is 2.05. The van der Waals surface area contributed by atoms with Crippen molar-refractivity contribution in [2.24, 2.45) is 0 Å². The van der Waals surface area contributed by atoms with E-state index in [1.54, 1.807) is 17.5 Å². The zero-order valence-electron chi connectivity index (χ0n) is 10.8. The van der Waals surface area contributed by atoms with E-state index in [9.17, 15) is 13.2 Å². The Labute approximate surface area is 121 Å². The van der Waals surface area contributed by atoms with E-state index in [0.29, 0.717) is 5.39 Å². The number of hydrogen-bond acceptors (Lipinski definition) is 4. The molecule has 1 aromatic carbocycles. The molecule has 0 aliphatic rings. The van der Waals surface area contributed by atoms with Crippen LogP contribution in [0, 0.1) is 0 Å². The van der Waals surface area contributed by atoms with Crippen molar-refractivity contribution in [2.45, 2.75) is 4.90 Å². The van der Waals surface area contributed by atoms with Crippen LogP contribution in [0.15, 0.2) is 34.5 Å². The molecule has 0 aliphatic carbocycles. The molecule has 8 heteroatoms. The van der Waals surface area contributed by atoms with Gasteiger partial charge in [0.05, 0.1) is 0 Å². The number of rotatable bonds is 5. The van der Waals surface area contributed by atoms with Crippen LogP contribution in [-0.4, -0.2) is 34.6 Å². The Morgan fingerprint density at radius 3 is 2.75 bits per heavy atom. The summed E-state index contributed by atoms with van der Waals surface area (Å²) >= 11 is 1.39. The number of urea groups is 1. The van der Waals surface area contributed by atoms with Gasteiger partial charge in [-0.05, 0) is 6.07 Å². The summed E-state index contributed by atoms with van der Waals surface area (Å²) in [7, 11) is -2.06. The molecule has 2 rings (SSSR count). The second-order valence-electron chi connectivity index (χ2n) is 4.00. The Morgan fingerprint density at radius 2 is 2.00 bits per heavy atom. The minimum absolute atomic E-state index is 0.139. The second kappa shape index (κ2) is 6.21. The summed E-state index contributed by atoms with van der Waals surface area (Å²) in [5.74, 6) is 0. The van der Waals surface area contributed by atoms with Gasteiger partial charge in [-0.2, -0.15) is 0 Å². The molecule has 0 saturated heterocycles. The fraction of sp³-hybridized carbons (Fsp3) is 0.250. The average Bonchev–Trinajstić information content (AvgIpc) is 2.88. The number of sulfonamides is 1. The lowest BCUT2D eigenvalue weighted by Crippen LogP contribution is -2.38. The number of benzene rings is 1. The first-order valence-corrected chi connectivity index (χ1v) is 8.32. The number of carbonyl (C=O) groups excluding carboxylic acids is 1. The van der Waals surface area contributed by atoms with E-state index < -0.39 is 10.0 Å². The molecule has 20 heavy (non-hydrogen) atoms. The minimum atomic E-state index is -3.56. The van der Waals surface area contributed by atoms with Crippen molar-refractivity contribution in [3.63, 3.8) is 0 Å². The molecule has 1 aromatic heterocycles. The van der Waals surface area contributed by atoms with E-state index in [1.165, 1.54) is 18.4 Å². The molecule has 0 bridgehead atoms. The topological polar surface area (TPSA) is 87.3 Å². The third-order valence-corrected chi connectivity index (χ3v) is 5.28. The number of hydrogen-bond donors (Lipinski definition) is 3. The van der Waals surface area contributed by atoms with E-state index in [2.05, 4.69) is 15.4 Å². The van der Waals surface area contributed by atoms with Crippen LogP contribution in [0.25, 0.3) is 10.1 Å². The largest absolute Gasteiger partial charge is 0.341 e. The maximum absolute atomic E-state index is 12.2. The Kier molecular flexibility index (Phi) is 4.58. The van der Waals surface area contributed by atoms with Crippen LogP contribution in [0.1, 0.15) is 0 Å². The van der Waals surface area contributed by atoms with Gasteiger partial charge in [0, 0.05) is 35.6 Å². The third-order valence-electron chi connectivity index (χ3n) is 2.66. The average molecular weight is 313 g/mol. The van der Waals surface area contributed by atoms with Crippen LogP contribution in [0.3, 0.4) is 0 Å². The van der Waals surface area contributed by atoms with Crippen molar-refractivity contribution in [3.8, 4) is 0 Å². The molecule has 1 heterocycles.